The Morgan fingerprint density at radius 1 is 1.03 bits per heavy atom. The van der Waals surface area contributed by atoms with Crippen molar-refractivity contribution in [2.45, 2.75) is 25.1 Å². The summed E-state index contributed by atoms with van der Waals surface area (Å²) in [6, 6.07) is 16.8. The number of piperidine rings is 1. The summed E-state index contributed by atoms with van der Waals surface area (Å²) in [6.07, 6.45) is -0.131. The number of nitrogens with one attached hydrogen (secondary N) is 3. The number of aromatic nitrogens is 3. The Bertz CT molecular complexity index is 1400. The Hall–Kier alpha value is -4.12. The molecule has 0 amide bonds. The van der Waals surface area contributed by atoms with Crippen molar-refractivity contribution < 1.29 is 17.9 Å². The van der Waals surface area contributed by atoms with Gasteiger partial charge in [-0.3, -0.25) is 9.69 Å². The number of aromatic amines is 1. The lowest BCUT2D eigenvalue weighted by atomic mass is 10.1. The van der Waals surface area contributed by atoms with Gasteiger partial charge in [0.25, 0.3) is 5.56 Å². The largest absolute Gasteiger partial charge is 0.457 e. The van der Waals surface area contributed by atoms with Crippen LogP contribution in [-0.4, -0.2) is 51.7 Å². The number of fused-ring (bicyclic) bond motifs is 1. The second kappa shape index (κ2) is 10.5. The molecule has 11 heteroatoms. The first-order valence-electron chi connectivity index (χ1n) is 11.9. The van der Waals surface area contributed by atoms with Crippen LogP contribution in [0.15, 0.2) is 71.8 Å². The fraction of sp³-hybridized carbons (Fsp3) is 0.269. The number of benzene rings is 2. The van der Waals surface area contributed by atoms with Crippen LogP contribution in [0.5, 0.6) is 11.5 Å². The quantitative estimate of drug-likeness (QED) is 0.311. The minimum absolute atomic E-state index is 0.0579. The van der Waals surface area contributed by atoms with Crippen molar-refractivity contribution in [3.05, 3.63) is 77.3 Å². The maximum absolute atomic E-state index is 12.7. The lowest BCUT2D eigenvalue weighted by Crippen LogP contribution is -2.43. The van der Waals surface area contributed by atoms with Crippen LogP contribution in [0.2, 0.25) is 0 Å². The summed E-state index contributed by atoms with van der Waals surface area (Å²) in [5.41, 5.74) is 1.45. The zero-order valence-electron chi connectivity index (χ0n) is 19.8. The van der Waals surface area contributed by atoms with Gasteiger partial charge >= 0.3 is 6.18 Å². The Morgan fingerprint density at radius 3 is 2.43 bits per heavy atom. The normalized spacial score (nSPS) is 15.0. The molecule has 2 aromatic carbocycles. The summed E-state index contributed by atoms with van der Waals surface area (Å²) in [5, 5.41) is 6.80. The van der Waals surface area contributed by atoms with Crippen LogP contribution in [0, 0.1) is 0 Å². The highest BCUT2D eigenvalue weighted by molar-refractivity contribution is 5.91. The number of anilines is 3. The number of H-pyrrole nitrogens is 1. The van der Waals surface area contributed by atoms with Gasteiger partial charge in [-0.25, -0.2) is 9.97 Å². The minimum Gasteiger partial charge on any atom is -0.457 e. The highest BCUT2D eigenvalue weighted by Gasteiger charge is 2.32. The number of hydrogen-bond acceptors (Lipinski definition) is 7. The Kier molecular flexibility index (Phi) is 6.95. The fourth-order valence-electron chi connectivity index (χ4n) is 4.26. The van der Waals surface area contributed by atoms with Crippen LogP contribution < -0.4 is 20.9 Å². The number of para-hydroxylation sites is 1. The van der Waals surface area contributed by atoms with Crippen molar-refractivity contribution >= 4 is 28.2 Å². The van der Waals surface area contributed by atoms with Crippen LogP contribution >= 0.6 is 0 Å². The van der Waals surface area contributed by atoms with Crippen LogP contribution in [0.25, 0.3) is 10.9 Å². The van der Waals surface area contributed by atoms with Gasteiger partial charge in [0, 0.05) is 37.2 Å². The molecule has 37 heavy (non-hydrogen) atoms. The van der Waals surface area contributed by atoms with E-state index in [1.54, 1.807) is 6.20 Å². The minimum atomic E-state index is -4.20. The Balaban J connectivity index is 1.29. The van der Waals surface area contributed by atoms with Gasteiger partial charge in [0.05, 0.1) is 17.6 Å². The second-order valence-electron chi connectivity index (χ2n) is 8.86. The topological polar surface area (TPSA) is 95.2 Å². The molecule has 0 atom stereocenters. The highest BCUT2D eigenvalue weighted by atomic mass is 19.4. The van der Waals surface area contributed by atoms with Crippen molar-refractivity contribution in [3.8, 4) is 11.5 Å². The molecule has 3 heterocycles. The molecule has 0 aliphatic carbocycles. The van der Waals surface area contributed by atoms with Gasteiger partial charge in [0.2, 0.25) is 5.95 Å². The molecule has 0 radical (unpaired) electrons. The van der Waals surface area contributed by atoms with Gasteiger partial charge in [-0.05, 0) is 49.2 Å². The average molecular weight is 511 g/mol. The summed E-state index contributed by atoms with van der Waals surface area (Å²) >= 11 is 0. The molecule has 1 aliphatic heterocycles. The van der Waals surface area contributed by atoms with Crippen LogP contribution in [0.1, 0.15) is 12.8 Å². The number of ether oxygens (including phenoxy) is 1. The van der Waals surface area contributed by atoms with Crippen LogP contribution in [-0.2, 0) is 0 Å². The number of alkyl halides is 3. The van der Waals surface area contributed by atoms with Crippen molar-refractivity contribution in [1.82, 2.24) is 19.9 Å². The van der Waals surface area contributed by atoms with Crippen LogP contribution in [0.4, 0.5) is 30.5 Å². The Labute approximate surface area is 210 Å². The van der Waals surface area contributed by atoms with Gasteiger partial charge in [-0.15, -0.1) is 0 Å². The first kappa shape index (κ1) is 24.6. The van der Waals surface area contributed by atoms with E-state index in [2.05, 4.69) is 25.6 Å². The first-order chi connectivity index (χ1) is 17.8. The fourth-order valence-corrected chi connectivity index (χ4v) is 4.26. The summed E-state index contributed by atoms with van der Waals surface area (Å²) in [4.78, 5) is 25.3. The molecular formula is C26H25F3N6O2. The molecule has 4 aromatic rings. The van der Waals surface area contributed by atoms with Crippen molar-refractivity contribution in [3.63, 3.8) is 0 Å². The van der Waals surface area contributed by atoms with E-state index >= 15 is 0 Å². The second-order valence-corrected chi connectivity index (χ2v) is 8.86. The van der Waals surface area contributed by atoms with E-state index < -0.39 is 12.7 Å². The third-order valence-corrected chi connectivity index (χ3v) is 6.07. The number of likely N-dealkylation sites (tertiary alicyclic amines) is 1. The number of rotatable bonds is 7. The Morgan fingerprint density at radius 2 is 1.73 bits per heavy atom. The molecule has 1 fully saturated rings. The number of pyridine rings is 1. The molecule has 3 N–H and O–H groups in total. The van der Waals surface area contributed by atoms with E-state index in [9.17, 15) is 18.0 Å². The molecular weight excluding hydrogens is 485 g/mol. The number of halogens is 3. The van der Waals surface area contributed by atoms with Gasteiger partial charge in [0.15, 0.2) is 0 Å². The summed E-state index contributed by atoms with van der Waals surface area (Å²) in [5.74, 6) is 1.73. The van der Waals surface area contributed by atoms with Crippen molar-refractivity contribution in [2.75, 3.05) is 30.3 Å². The van der Waals surface area contributed by atoms with Crippen molar-refractivity contribution in [1.29, 1.82) is 0 Å². The highest BCUT2D eigenvalue weighted by Crippen LogP contribution is 2.27. The molecule has 0 spiro atoms. The molecule has 0 unspecified atom stereocenters. The summed E-state index contributed by atoms with van der Waals surface area (Å²) < 4.78 is 43.8. The zero-order chi connectivity index (χ0) is 25.8. The average Bonchev–Trinajstić information content (AvgIpc) is 2.88. The smallest absolute Gasteiger partial charge is 0.401 e. The lowest BCUT2D eigenvalue weighted by Gasteiger charge is -2.32. The molecule has 0 bridgehead atoms. The van der Waals surface area contributed by atoms with E-state index in [4.69, 9.17) is 4.74 Å². The number of nitrogens with zero attached hydrogens (tertiary/aromatic N) is 3. The predicted molar refractivity (Wildman–Crippen MR) is 136 cm³/mol. The maximum Gasteiger partial charge on any atom is 0.401 e. The first-order valence-corrected chi connectivity index (χ1v) is 11.9. The van der Waals surface area contributed by atoms with Crippen molar-refractivity contribution in [2.24, 2.45) is 0 Å². The molecule has 2 aromatic heterocycles. The molecule has 8 nitrogen and oxygen atoms in total. The third kappa shape index (κ3) is 6.36. The molecule has 192 valence electrons. The van der Waals surface area contributed by atoms with Gasteiger partial charge in [0.1, 0.15) is 17.0 Å². The van der Waals surface area contributed by atoms with E-state index in [1.165, 1.54) is 11.1 Å². The van der Waals surface area contributed by atoms with E-state index in [0.717, 1.165) is 11.4 Å². The molecule has 5 rings (SSSR count). The molecule has 1 saturated heterocycles. The van der Waals surface area contributed by atoms with E-state index in [1.807, 2.05) is 54.6 Å². The lowest BCUT2D eigenvalue weighted by molar-refractivity contribution is -0.147. The van der Waals surface area contributed by atoms with Crippen LogP contribution in [0.3, 0.4) is 0 Å². The standard InChI is InChI=1S/C26H25F3N6O2/c27-26(28,29)16-35-12-10-18(11-13-35)33-25-31-14-21-23(34-25)22(15-30-24(21)36)32-17-6-8-20(9-7-17)37-19-4-2-1-3-5-19/h1-9,14-15,18,32H,10-13,16H2,(H,30,36)(H,31,33,34). The van der Waals surface area contributed by atoms with E-state index in [-0.39, 0.29) is 11.6 Å². The van der Waals surface area contributed by atoms with Gasteiger partial charge < -0.3 is 20.4 Å². The molecule has 1 aliphatic rings. The number of hydrogen-bond donors (Lipinski definition) is 3. The maximum atomic E-state index is 12.7. The summed E-state index contributed by atoms with van der Waals surface area (Å²) in [7, 11) is 0. The van der Waals surface area contributed by atoms with E-state index in [0.29, 0.717) is 54.2 Å². The molecule has 0 saturated carbocycles. The zero-order valence-corrected chi connectivity index (χ0v) is 19.8. The predicted octanol–water partition coefficient (Wildman–Crippen LogP) is 5.29. The summed E-state index contributed by atoms with van der Waals surface area (Å²) in [6.45, 7) is -0.230. The third-order valence-electron chi connectivity index (χ3n) is 6.07. The van der Waals surface area contributed by atoms with Gasteiger partial charge in [-0.1, -0.05) is 18.2 Å². The van der Waals surface area contributed by atoms with Gasteiger partial charge in [-0.2, -0.15) is 13.2 Å². The SMILES string of the molecule is O=c1[nH]cc(Nc2ccc(Oc3ccccc3)cc2)c2nc(NC3CCN(CC(F)(F)F)CC3)ncc12. The monoisotopic (exact) mass is 510 g/mol.